The molecule has 1 heterocycles. The Kier molecular flexibility index (Phi) is 6.48. The Labute approximate surface area is 140 Å². The van der Waals surface area contributed by atoms with Gasteiger partial charge in [0.25, 0.3) is 0 Å². The summed E-state index contributed by atoms with van der Waals surface area (Å²) in [6.45, 7) is 2.39. The van der Waals surface area contributed by atoms with Crippen LogP contribution in [-0.4, -0.2) is 43.1 Å². The third-order valence-corrected chi connectivity index (χ3v) is 7.18. The van der Waals surface area contributed by atoms with Crippen LogP contribution in [0.25, 0.3) is 0 Å². The standard InChI is InChI=1S/C17H31NO4S/c1-2-3-4-14-5-7-15(8-6-14)16(19)18-13-17(20)9-11-23(21,22)12-10-17/h14-15,20H,2-13H2,1H3,(H,18,19). The van der Waals surface area contributed by atoms with Crippen molar-refractivity contribution in [2.24, 2.45) is 11.8 Å². The number of carbonyl (C=O) groups is 1. The largest absolute Gasteiger partial charge is 0.388 e. The Morgan fingerprint density at radius 1 is 1.17 bits per heavy atom. The molecule has 2 aliphatic rings. The van der Waals surface area contributed by atoms with Crippen LogP contribution in [0.2, 0.25) is 0 Å². The molecule has 2 rings (SSSR count). The number of amides is 1. The van der Waals surface area contributed by atoms with Crippen molar-refractivity contribution in [2.45, 2.75) is 70.3 Å². The van der Waals surface area contributed by atoms with Gasteiger partial charge in [0.15, 0.2) is 9.84 Å². The predicted molar refractivity (Wildman–Crippen MR) is 90.8 cm³/mol. The molecule has 0 spiro atoms. The molecule has 23 heavy (non-hydrogen) atoms. The van der Waals surface area contributed by atoms with Crippen LogP contribution >= 0.6 is 0 Å². The fourth-order valence-corrected chi connectivity index (χ4v) is 5.28. The van der Waals surface area contributed by atoms with Gasteiger partial charge in [0, 0.05) is 12.5 Å². The maximum atomic E-state index is 12.3. The summed E-state index contributed by atoms with van der Waals surface area (Å²) < 4.78 is 22.9. The number of carbonyl (C=O) groups excluding carboxylic acids is 1. The van der Waals surface area contributed by atoms with E-state index in [4.69, 9.17) is 0 Å². The lowest BCUT2D eigenvalue weighted by atomic mass is 9.79. The first kappa shape index (κ1) is 18.7. The molecule has 2 fully saturated rings. The number of rotatable bonds is 6. The minimum absolute atomic E-state index is 0.0158. The second-order valence-corrected chi connectivity index (χ2v) is 9.76. The lowest BCUT2D eigenvalue weighted by Crippen LogP contribution is -2.49. The zero-order chi connectivity index (χ0) is 16.9. The molecule has 6 heteroatoms. The highest BCUT2D eigenvalue weighted by Crippen LogP contribution is 2.32. The molecule has 0 unspecified atom stereocenters. The minimum atomic E-state index is -3.00. The Bertz CT molecular complexity index is 481. The summed E-state index contributed by atoms with van der Waals surface area (Å²) in [5.74, 6) is 0.889. The number of aliphatic hydroxyl groups is 1. The SMILES string of the molecule is CCCCC1CCC(C(=O)NCC2(O)CCS(=O)(=O)CC2)CC1. The van der Waals surface area contributed by atoms with E-state index >= 15 is 0 Å². The van der Waals surface area contributed by atoms with Gasteiger partial charge in [-0.05, 0) is 44.4 Å². The summed E-state index contributed by atoms with van der Waals surface area (Å²) in [7, 11) is -3.00. The molecule has 1 aliphatic carbocycles. The predicted octanol–water partition coefficient (Wildman–Crippen LogP) is 2.04. The van der Waals surface area contributed by atoms with Gasteiger partial charge in [-0.2, -0.15) is 0 Å². The van der Waals surface area contributed by atoms with Crippen LogP contribution < -0.4 is 5.32 Å². The molecule has 0 radical (unpaired) electrons. The summed E-state index contributed by atoms with van der Waals surface area (Å²) in [4.78, 5) is 12.3. The summed E-state index contributed by atoms with van der Waals surface area (Å²) in [5, 5.41) is 13.3. The van der Waals surface area contributed by atoms with Crippen molar-refractivity contribution in [1.82, 2.24) is 5.32 Å². The van der Waals surface area contributed by atoms with E-state index in [1.807, 2.05) is 0 Å². The van der Waals surface area contributed by atoms with Crippen molar-refractivity contribution in [3.63, 3.8) is 0 Å². The number of hydrogen-bond donors (Lipinski definition) is 2. The third kappa shape index (κ3) is 5.75. The van der Waals surface area contributed by atoms with Crippen LogP contribution in [0.15, 0.2) is 0 Å². The molecule has 1 aliphatic heterocycles. The number of unbranched alkanes of at least 4 members (excludes halogenated alkanes) is 1. The fourth-order valence-electron chi connectivity index (χ4n) is 3.70. The smallest absolute Gasteiger partial charge is 0.223 e. The number of nitrogens with one attached hydrogen (secondary N) is 1. The molecule has 134 valence electrons. The fraction of sp³-hybridized carbons (Fsp3) is 0.941. The van der Waals surface area contributed by atoms with Gasteiger partial charge < -0.3 is 10.4 Å². The van der Waals surface area contributed by atoms with Crippen molar-refractivity contribution < 1.29 is 18.3 Å². The summed E-state index contributed by atoms with van der Waals surface area (Å²) in [6, 6.07) is 0. The molecule has 0 aromatic rings. The molecule has 1 saturated carbocycles. The normalized spacial score (nSPS) is 29.8. The summed E-state index contributed by atoms with van der Waals surface area (Å²) >= 11 is 0. The lowest BCUT2D eigenvalue weighted by molar-refractivity contribution is -0.127. The van der Waals surface area contributed by atoms with E-state index in [1.165, 1.54) is 19.3 Å². The maximum absolute atomic E-state index is 12.3. The first-order valence-electron chi connectivity index (χ1n) is 9.04. The van der Waals surface area contributed by atoms with Crippen molar-refractivity contribution in [2.75, 3.05) is 18.1 Å². The van der Waals surface area contributed by atoms with Crippen LogP contribution in [0.4, 0.5) is 0 Å². The maximum Gasteiger partial charge on any atom is 0.223 e. The van der Waals surface area contributed by atoms with Gasteiger partial charge in [-0.25, -0.2) is 8.42 Å². The van der Waals surface area contributed by atoms with Crippen LogP contribution in [-0.2, 0) is 14.6 Å². The lowest BCUT2D eigenvalue weighted by Gasteiger charge is -2.33. The highest BCUT2D eigenvalue weighted by molar-refractivity contribution is 7.91. The Hall–Kier alpha value is -0.620. The van der Waals surface area contributed by atoms with Crippen LogP contribution in [0.1, 0.15) is 64.7 Å². The third-order valence-electron chi connectivity index (χ3n) is 5.53. The zero-order valence-electron chi connectivity index (χ0n) is 14.2. The highest BCUT2D eigenvalue weighted by Gasteiger charge is 2.36. The van der Waals surface area contributed by atoms with Crippen molar-refractivity contribution in [3.05, 3.63) is 0 Å². The van der Waals surface area contributed by atoms with Crippen LogP contribution in [0.5, 0.6) is 0 Å². The van der Waals surface area contributed by atoms with Gasteiger partial charge in [-0.15, -0.1) is 0 Å². The number of sulfone groups is 1. The first-order valence-corrected chi connectivity index (χ1v) is 10.9. The van der Waals surface area contributed by atoms with E-state index < -0.39 is 15.4 Å². The Morgan fingerprint density at radius 2 is 1.78 bits per heavy atom. The molecule has 2 N–H and O–H groups in total. The van der Waals surface area contributed by atoms with E-state index in [0.717, 1.165) is 31.6 Å². The Balaban J connectivity index is 1.71. The topological polar surface area (TPSA) is 83.5 Å². The van der Waals surface area contributed by atoms with E-state index in [9.17, 15) is 18.3 Å². The molecule has 0 bridgehead atoms. The zero-order valence-corrected chi connectivity index (χ0v) is 15.0. The molecule has 1 saturated heterocycles. The summed E-state index contributed by atoms with van der Waals surface area (Å²) in [6.07, 6.45) is 8.35. The quantitative estimate of drug-likeness (QED) is 0.771. The average molecular weight is 346 g/mol. The van der Waals surface area contributed by atoms with E-state index in [2.05, 4.69) is 12.2 Å². The van der Waals surface area contributed by atoms with Gasteiger partial charge in [0.2, 0.25) is 5.91 Å². The molecule has 0 aromatic carbocycles. The Morgan fingerprint density at radius 3 is 2.35 bits per heavy atom. The first-order chi connectivity index (χ1) is 10.8. The van der Waals surface area contributed by atoms with E-state index in [1.54, 1.807) is 0 Å². The average Bonchev–Trinajstić information content (AvgIpc) is 2.54. The highest BCUT2D eigenvalue weighted by atomic mass is 32.2. The van der Waals surface area contributed by atoms with Gasteiger partial charge in [-0.1, -0.05) is 26.2 Å². The van der Waals surface area contributed by atoms with E-state index in [0.29, 0.717) is 0 Å². The molecule has 0 aromatic heterocycles. The minimum Gasteiger partial charge on any atom is -0.388 e. The second kappa shape index (κ2) is 7.97. The molecule has 0 atom stereocenters. The molecular formula is C17H31NO4S. The summed E-state index contributed by atoms with van der Waals surface area (Å²) in [5.41, 5.74) is -1.06. The molecular weight excluding hydrogens is 314 g/mol. The van der Waals surface area contributed by atoms with Gasteiger partial charge in [-0.3, -0.25) is 4.79 Å². The molecule has 5 nitrogen and oxygen atoms in total. The second-order valence-electron chi connectivity index (χ2n) is 7.45. The van der Waals surface area contributed by atoms with Gasteiger partial charge in [0.05, 0.1) is 17.1 Å². The van der Waals surface area contributed by atoms with Crippen molar-refractivity contribution in [3.8, 4) is 0 Å². The van der Waals surface area contributed by atoms with Gasteiger partial charge >= 0.3 is 0 Å². The van der Waals surface area contributed by atoms with Crippen molar-refractivity contribution >= 4 is 15.7 Å². The van der Waals surface area contributed by atoms with E-state index in [-0.39, 0.29) is 42.7 Å². The van der Waals surface area contributed by atoms with Gasteiger partial charge in [0.1, 0.15) is 0 Å². The van der Waals surface area contributed by atoms with Crippen LogP contribution in [0.3, 0.4) is 0 Å². The molecule has 1 amide bonds. The van der Waals surface area contributed by atoms with Crippen LogP contribution in [0, 0.1) is 11.8 Å². The monoisotopic (exact) mass is 345 g/mol. The number of hydrogen-bond acceptors (Lipinski definition) is 4. The van der Waals surface area contributed by atoms with Crippen molar-refractivity contribution in [1.29, 1.82) is 0 Å².